The standard InChI is InChI=1S/C14H21NO3/c1-11(15-7-9-18-10-8-15)14(16)12-3-5-13(17-2)6-4-12/h3-6,11,14,16H,7-10H2,1-2H3/t11-,14-/m1/s1. The average Bonchev–Trinajstić information content (AvgIpc) is 2.47. The van der Waals surface area contributed by atoms with Crippen LogP contribution in [0.4, 0.5) is 0 Å². The molecule has 2 atom stereocenters. The van der Waals surface area contributed by atoms with Gasteiger partial charge >= 0.3 is 0 Å². The van der Waals surface area contributed by atoms with Crippen LogP contribution < -0.4 is 4.74 Å². The molecule has 0 aliphatic carbocycles. The first-order valence-corrected chi connectivity index (χ1v) is 6.36. The molecule has 0 saturated carbocycles. The molecule has 1 fully saturated rings. The number of nitrogens with zero attached hydrogens (tertiary/aromatic N) is 1. The number of rotatable bonds is 4. The first kappa shape index (κ1) is 13.3. The lowest BCUT2D eigenvalue weighted by Gasteiger charge is -2.35. The number of benzene rings is 1. The van der Waals surface area contributed by atoms with E-state index in [1.807, 2.05) is 24.3 Å². The summed E-state index contributed by atoms with van der Waals surface area (Å²) in [5, 5.41) is 10.4. The molecule has 4 heteroatoms. The number of aliphatic hydroxyl groups excluding tert-OH is 1. The van der Waals surface area contributed by atoms with Crippen molar-refractivity contribution in [2.45, 2.75) is 19.1 Å². The molecule has 100 valence electrons. The van der Waals surface area contributed by atoms with Gasteiger partial charge in [0.25, 0.3) is 0 Å². The fourth-order valence-electron chi connectivity index (χ4n) is 2.26. The van der Waals surface area contributed by atoms with Crippen LogP contribution in [0.5, 0.6) is 5.75 Å². The lowest BCUT2D eigenvalue weighted by atomic mass is 10.0. The topological polar surface area (TPSA) is 41.9 Å². The fourth-order valence-corrected chi connectivity index (χ4v) is 2.26. The molecule has 1 heterocycles. The van der Waals surface area contributed by atoms with Crippen molar-refractivity contribution < 1.29 is 14.6 Å². The van der Waals surface area contributed by atoms with E-state index in [0.29, 0.717) is 0 Å². The van der Waals surface area contributed by atoms with E-state index in [1.54, 1.807) is 7.11 Å². The van der Waals surface area contributed by atoms with Gasteiger partial charge in [0.15, 0.2) is 0 Å². The Morgan fingerprint density at radius 2 is 1.83 bits per heavy atom. The molecule has 0 aromatic heterocycles. The highest BCUT2D eigenvalue weighted by Crippen LogP contribution is 2.23. The van der Waals surface area contributed by atoms with Gasteiger partial charge in [-0.3, -0.25) is 4.90 Å². The van der Waals surface area contributed by atoms with Gasteiger partial charge in [0.1, 0.15) is 5.75 Å². The minimum atomic E-state index is -0.478. The highest BCUT2D eigenvalue weighted by atomic mass is 16.5. The maximum atomic E-state index is 10.4. The Kier molecular flexibility index (Phi) is 4.58. The first-order valence-electron chi connectivity index (χ1n) is 6.36. The summed E-state index contributed by atoms with van der Waals surface area (Å²) >= 11 is 0. The van der Waals surface area contributed by atoms with E-state index in [4.69, 9.17) is 9.47 Å². The molecule has 2 rings (SSSR count). The SMILES string of the molecule is COc1ccc([C@H](O)[C@@H](C)N2CCOCC2)cc1. The minimum Gasteiger partial charge on any atom is -0.497 e. The highest BCUT2D eigenvalue weighted by Gasteiger charge is 2.24. The van der Waals surface area contributed by atoms with E-state index >= 15 is 0 Å². The second-order valence-electron chi connectivity index (χ2n) is 4.61. The molecule has 4 nitrogen and oxygen atoms in total. The van der Waals surface area contributed by atoms with Gasteiger partial charge in [-0.15, -0.1) is 0 Å². The Morgan fingerprint density at radius 1 is 1.22 bits per heavy atom. The quantitative estimate of drug-likeness (QED) is 0.879. The summed E-state index contributed by atoms with van der Waals surface area (Å²) in [6.07, 6.45) is -0.478. The van der Waals surface area contributed by atoms with Crippen LogP contribution in [0.15, 0.2) is 24.3 Å². The molecule has 0 amide bonds. The van der Waals surface area contributed by atoms with E-state index in [9.17, 15) is 5.11 Å². The van der Waals surface area contributed by atoms with E-state index in [1.165, 1.54) is 0 Å². The number of hydrogen-bond donors (Lipinski definition) is 1. The summed E-state index contributed by atoms with van der Waals surface area (Å²) in [7, 11) is 1.64. The predicted octanol–water partition coefficient (Wildman–Crippen LogP) is 1.45. The Labute approximate surface area is 108 Å². The zero-order valence-corrected chi connectivity index (χ0v) is 11.0. The molecule has 0 unspecified atom stereocenters. The van der Waals surface area contributed by atoms with Gasteiger partial charge in [-0.05, 0) is 24.6 Å². The molecule has 18 heavy (non-hydrogen) atoms. The number of methoxy groups -OCH3 is 1. The predicted molar refractivity (Wildman–Crippen MR) is 69.8 cm³/mol. The van der Waals surface area contributed by atoms with Crippen LogP contribution in [0, 0.1) is 0 Å². The summed E-state index contributed by atoms with van der Waals surface area (Å²) in [5.41, 5.74) is 0.926. The second kappa shape index (κ2) is 6.18. The van der Waals surface area contributed by atoms with E-state index < -0.39 is 6.10 Å². The number of ether oxygens (including phenoxy) is 2. The van der Waals surface area contributed by atoms with Crippen molar-refractivity contribution in [1.82, 2.24) is 4.90 Å². The van der Waals surface area contributed by atoms with E-state index in [0.717, 1.165) is 37.6 Å². The zero-order chi connectivity index (χ0) is 13.0. The molecule has 1 saturated heterocycles. The van der Waals surface area contributed by atoms with Gasteiger partial charge < -0.3 is 14.6 Å². The second-order valence-corrected chi connectivity index (χ2v) is 4.61. The van der Waals surface area contributed by atoms with Crippen LogP contribution in [0.1, 0.15) is 18.6 Å². The van der Waals surface area contributed by atoms with Gasteiger partial charge in [-0.25, -0.2) is 0 Å². The zero-order valence-electron chi connectivity index (χ0n) is 11.0. The minimum absolute atomic E-state index is 0.0993. The lowest BCUT2D eigenvalue weighted by Crippen LogP contribution is -2.44. The summed E-state index contributed by atoms with van der Waals surface area (Å²) in [5.74, 6) is 0.810. The Balaban J connectivity index is 2.01. The third-order valence-electron chi connectivity index (χ3n) is 3.54. The smallest absolute Gasteiger partial charge is 0.118 e. The molecule has 1 aromatic rings. The first-order chi connectivity index (χ1) is 8.72. The van der Waals surface area contributed by atoms with Crippen molar-refractivity contribution in [2.75, 3.05) is 33.4 Å². The van der Waals surface area contributed by atoms with Gasteiger partial charge in [0.2, 0.25) is 0 Å². The van der Waals surface area contributed by atoms with Crippen molar-refractivity contribution in [1.29, 1.82) is 0 Å². The van der Waals surface area contributed by atoms with Gasteiger partial charge in [0.05, 0.1) is 26.4 Å². The van der Waals surface area contributed by atoms with Crippen molar-refractivity contribution in [2.24, 2.45) is 0 Å². The summed E-state index contributed by atoms with van der Waals surface area (Å²) in [6, 6.07) is 7.69. The van der Waals surface area contributed by atoms with Crippen molar-refractivity contribution in [3.63, 3.8) is 0 Å². The lowest BCUT2D eigenvalue weighted by molar-refractivity contribution is -0.0166. The number of aliphatic hydroxyl groups is 1. The van der Waals surface area contributed by atoms with E-state index in [-0.39, 0.29) is 6.04 Å². The van der Waals surface area contributed by atoms with Gasteiger partial charge in [0, 0.05) is 19.1 Å². The molecular formula is C14H21NO3. The normalized spacial score (nSPS) is 20.4. The molecule has 1 aromatic carbocycles. The number of hydrogen-bond acceptors (Lipinski definition) is 4. The molecule has 1 N–H and O–H groups in total. The van der Waals surface area contributed by atoms with Gasteiger partial charge in [-0.1, -0.05) is 12.1 Å². The highest BCUT2D eigenvalue weighted by molar-refractivity contribution is 5.29. The van der Waals surface area contributed by atoms with Crippen LogP contribution in [-0.4, -0.2) is 49.5 Å². The van der Waals surface area contributed by atoms with Crippen molar-refractivity contribution in [3.05, 3.63) is 29.8 Å². The fraction of sp³-hybridized carbons (Fsp3) is 0.571. The third-order valence-corrected chi connectivity index (χ3v) is 3.54. The van der Waals surface area contributed by atoms with Crippen molar-refractivity contribution in [3.8, 4) is 5.75 Å². The maximum absolute atomic E-state index is 10.4. The van der Waals surface area contributed by atoms with Crippen LogP contribution >= 0.6 is 0 Å². The van der Waals surface area contributed by atoms with Crippen LogP contribution in [-0.2, 0) is 4.74 Å². The van der Waals surface area contributed by atoms with E-state index in [2.05, 4.69) is 11.8 Å². The third kappa shape index (κ3) is 3.02. The molecule has 1 aliphatic rings. The van der Waals surface area contributed by atoms with Crippen molar-refractivity contribution >= 4 is 0 Å². The Bertz CT molecular complexity index is 360. The van der Waals surface area contributed by atoms with Crippen LogP contribution in [0.3, 0.4) is 0 Å². The molecular weight excluding hydrogens is 230 g/mol. The summed E-state index contributed by atoms with van der Waals surface area (Å²) in [4.78, 5) is 2.26. The average molecular weight is 251 g/mol. The Morgan fingerprint density at radius 3 is 2.39 bits per heavy atom. The monoisotopic (exact) mass is 251 g/mol. The van der Waals surface area contributed by atoms with Gasteiger partial charge in [-0.2, -0.15) is 0 Å². The van der Waals surface area contributed by atoms with Crippen LogP contribution in [0.2, 0.25) is 0 Å². The summed E-state index contributed by atoms with van der Waals surface area (Å²) in [6.45, 7) is 5.32. The maximum Gasteiger partial charge on any atom is 0.118 e. The molecule has 0 spiro atoms. The molecule has 1 aliphatic heterocycles. The number of morpholine rings is 1. The van der Waals surface area contributed by atoms with Crippen LogP contribution in [0.25, 0.3) is 0 Å². The largest absolute Gasteiger partial charge is 0.497 e. The molecule has 0 bridgehead atoms. The summed E-state index contributed by atoms with van der Waals surface area (Å²) < 4.78 is 10.4. The Hall–Kier alpha value is -1.10. The molecule has 0 radical (unpaired) electrons.